The quantitative estimate of drug-likeness (QED) is 0.622. The molecule has 0 aliphatic heterocycles. The molecule has 7 nitrogen and oxygen atoms in total. The van der Waals surface area contributed by atoms with Gasteiger partial charge in [-0.1, -0.05) is 0 Å². The molecule has 0 unspecified atom stereocenters. The van der Waals surface area contributed by atoms with Crippen molar-refractivity contribution in [3.8, 4) is 17.0 Å². The van der Waals surface area contributed by atoms with Crippen molar-refractivity contribution in [1.82, 2.24) is 23.7 Å². The predicted molar refractivity (Wildman–Crippen MR) is 83.9 cm³/mol. The minimum atomic E-state index is -4.98. The average molecular weight is 409 g/mol. The molecule has 0 saturated carbocycles. The van der Waals surface area contributed by atoms with Gasteiger partial charge in [0.2, 0.25) is 11.7 Å². The van der Waals surface area contributed by atoms with Gasteiger partial charge in [-0.15, -0.1) is 0 Å². The van der Waals surface area contributed by atoms with Gasteiger partial charge < -0.3 is 4.74 Å². The maximum atomic E-state index is 13.5. The van der Waals surface area contributed by atoms with Crippen LogP contribution in [0.1, 0.15) is 12.1 Å². The van der Waals surface area contributed by atoms with E-state index >= 15 is 0 Å². The summed E-state index contributed by atoms with van der Waals surface area (Å²) in [5.41, 5.74) is -3.61. The van der Waals surface area contributed by atoms with E-state index in [4.69, 9.17) is 4.74 Å². The summed E-state index contributed by atoms with van der Waals surface area (Å²) in [4.78, 5) is 16.3. The lowest BCUT2D eigenvalue weighted by atomic mass is 10.1. The van der Waals surface area contributed by atoms with E-state index in [2.05, 4.69) is 10.1 Å². The minimum absolute atomic E-state index is 0.0933. The van der Waals surface area contributed by atoms with Gasteiger partial charge in [0, 0.05) is 25.4 Å². The first-order chi connectivity index (χ1) is 12.9. The van der Waals surface area contributed by atoms with Gasteiger partial charge in [0.25, 0.3) is 5.56 Å². The van der Waals surface area contributed by atoms with Gasteiger partial charge in [0.05, 0.1) is 31.5 Å². The van der Waals surface area contributed by atoms with Crippen LogP contribution in [0.5, 0.6) is 5.88 Å². The van der Waals surface area contributed by atoms with E-state index in [0.29, 0.717) is 0 Å². The highest BCUT2D eigenvalue weighted by Crippen LogP contribution is 2.34. The van der Waals surface area contributed by atoms with E-state index in [0.717, 1.165) is 26.0 Å². The molecule has 0 aromatic carbocycles. The molecule has 28 heavy (non-hydrogen) atoms. The number of nitrogens with zero attached hydrogens (tertiary/aromatic N) is 5. The largest absolute Gasteiger partial charge is 0.481 e. The first-order valence-corrected chi connectivity index (χ1v) is 7.75. The summed E-state index contributed by atoms with van der Waals surface area (Å²) in [7, 11) is 2.64. The molecule has 0 aliphatic rings. The molecule has 13 heteroatoms. The number of imidazole rings is 1. The van der Waals surface area contributed by atoms with Crippen LogP contribution in [-0.2, 0) is 19.8 Å². The molecule has 0 spiro atoms. The highest BCUT2D eigenvalue weighted by molar-refractivity contribution is 5.66. The third kappa shape index (κ3) is 3.55. The van der Waals surface area contributed by atoms with Crippen LogP contribution in [0.25, 0.3) is 16.9 Å². The fraction of sp³-hybridized carbons (Fsp3) is 0.400. The lowest BCUT2D eigenvalue weighted by molar-refractivity contribution is -0.140. The topological polar surface area (TPSA) is 66.3 Å². The van der Waals surface area contributed by atoms with Crippen LogP contribution >= 0.6 is 0 Å². The first-order valence-electron chi connectivity index (χ1n) is 7.75. The van der Waals surface area contributed by atoms with Gasteiger partial charge in [0.1, 0.15) is 0 Å². The highest BCUT2D eigenvalue weighted by Gasteiger charge is 2.39. The van der Waals surface area contributed by atoms with E-state index in [1.807, 2.05) is 0 Å². The Hall–Kier alpha value is -2.99. The number of rotatable bonds is 4. The fourth-order valence-corrected chi connectivity index (χ4v) is 2.68. The van der Waals surface area contributed by atoms with Crippen molar-refractivity contribution in [2.75, 3.05) is 7.11 Å². The van der Waals surface area contributed by atoms with Crippen LogP contribution in [0.15, 0.2) is 23.4 Å². The number of alkyl halides is 6. The Kier molecular flexibility index (Phi) is 4.63. The normalized spacial score (nSPS) is 12.7. The number of hydrogen-bond donors (Lipinski definition) is 0. The standard InChI is InChI=1S/C15H13F6N5O2/c1-24-9(28-2)7-26-12(27)10(11(15(19,20)21)23-13(24)26)8-5-22-25(6-8)4-3-14(16,17)18/h5-7H,3-4H2,1-2H3. The van der Waals surface area contributed by atoms with Crippen molar-refractivity contribution in [1.29, 1.82) is 0 Å². The molecule has 0 aliphatic carbocycles. The zero-order chi connectivity index (χ0) is 20.9. The number of methoxy groups -OCH3 is 1. The summed E-state index contributed by atoms with van der Waals surface area (Å²) in [5, 5.41) is 3.62. The van der Waals surface area contributed by atoms with Crippen molar-refractivity contribution in [3.63, 3.8) is 0 Å². The van der Waals surface area contributed by atoms with Crippen LogP contribution in [0.4, 0.5) is 26.3 Å². The number of hydrogen-bond acceptors (Lipinski definition) is 4. The SMILES string of the molecule is COc1cn2c(=O)c(-c3cnn(CCC(F)(F)F)c3)c(C(F)(F)F)nc2n1C. The van der Waals surface area contributed by atoms with Gasteiger partial charge in [0.15, 0.2) is 5.69 Å². The molecule has 0 radical (unpaired) electrons. The van der Waals surface area contributed by atoms with E-state index < -0.39 is 42.1 Å². The maximum absolute atomic E-state index is 13.5. The van der Waals surface area contributed by atoms with Gasteiger partial charge >= 0.3 is 12.4 Å². The number of aromatic nitrogens is 5. The molecule has 0 N–H and O–H groups in total. The molecule has 0 atom stereocenters. The molecule has 0 amide bonds. The Balaban J connectivity index is 2.18. The smallest absolute Gasteiger partial charge is 0.434 e. The van der Waals surface area contributed by atoms with E-state index in [9.17, 15) is 31.1 Å². The number of fused-ring (bicyclic) bond motifs is 1. The van der Waals surface area contributed by atoms with Crippen LogP contribution in [0.2, 0.25) is 0 Å². The number of halogens is 6. The third-order valence-corrected chi connectivity index (χ3v) is 3.99. The lowest BCUT2D eigenvalue weighted by Crippen LogP contribution is -2.23. The molecule has 3 heterocycles. The average Bonchev–Trinajstić information content (AvgIpc) is 3.16. The monoisotopic (exact) mass is 409 g/mol. The van der Waals surface area contributed by atoms with Crippen LogP contribution in [0, 0.1) is 0 Å². The van der Waals surface area contributed by atoms with Crippen molar-refractivity contribution in [3.05, 3.63) is 34.6 Å². The predicted octanol–water partition coefficient (Wildman–Crippen LogP) is 2.88. The molecule has 152 valence electrons. The Morgan fingerprint density at radius 3 is 2.39 bits per heavy atom. The van der Waals surface area contributed by atoms with Gasteiger partial charge in [-0.3, -0.25) is 14.0 Å². The Labute approximate surface area is 152 Å². The zero-order valence-corrected chi connectivity index (χ0v) is 14.5. The second-order valence-electron chi connectivity index (χ2n) is 5.90. The minimum Gasteiger partial charge on any atom is -0.481 e. The number of aryl methyl sites for hydroxylation is 2. The van der Waals surface area contributed by atoms with Crippen LogP contribution in [-0.4, -0.2) is 37.0 Å². The van der Waals surface area contributed by atoms with Crippen molar-refractivity contribution in [2.45, 2.75) is 25.3 Å². The summed E-state index contributed by atoms with van der Waals surface area (Å²) in [5.74, 6) is -0.210. The fourth-order valence-electron chi connectivity index (χ4n) is 2.68. The highest BCUT2D eigenvalue weighted by atomic mass is 19.4. The first kappa shape index (κ1) is 19.8. The van der Waals surface area contributed by atoms with E-state index in [1.54, 1.807) is 0 Å². The molecule has 0 saturated heterocycles. The second kappa shape index (κ2) is 6.56. The molecule has 3 aromatic heterocycles. The molecule has 3 aromatic rings. The molecule has 0 bridgehead atoms. The van der Waals surface area contributed by atoms with Gasteiger partial charge in [-0.05, 0) is 0 Å². The van der Waals surface area contributed by atoms with Crippen molar-refractivity contribution >= 4 is 5.78 Å². The van der Waals surface area contributed by atoms with Gasteiger partial charge in [-0.2, -0.15) is 31.4 Å². The van der Waals surface area contributed by atoms with Crippen molar-refractivity contribution in [2.24, 2.45) is 7.05 Å². The zero-order valence-electron chi connectivity index (χ0n) is 14.5. The van der Waals surface area contributed by atoms with Gasteiger partial charge in [-0.25, -0.2) is 9.38 Å². The maximum Gasteiger partial charge on any atom is 0.434 e. The van der Waals surface area contributed by atoms with Crippen molar-refractivity contribution < 1.29 is 31.1 Å². The second-order valence-corrected chi connectivity index (χ2v) is 5.90. The van der Waals surface area contributed by atoms with E-state index in [-0.39, 0.29) is 17.2 Å². The summed E-state index contributed by atoms with van der Waals surface area (Å²) in [6.45, 7) is -0.596. The molecular formula is C15H13F6N5O2. The Morgan fingerprint density at radius 2 is 1.82 bits per heavy atom. The Morgan fingerprint density at radius 1 is 1.14 bits per heavy atom. The summed E-state index contributed by atoms with van der Waals surface area (Å²) in [6.07, 6.45) is -7.63. The summed E-state index contributed by atoms with van der Waals surface area (Å²) in [6, 6.07) is 0. The summed E-state index contributed by atoms with van der Waals surface area (Å²) >= 11 is 0. The van der Waals surface area contributed by atoms with Crippen LogP contribution < -0.4 is 10.3 Å². The van der Waals surface area contributed by atoms with Crippen LogP contribution in [0.3, 0.4) is 0 Å². The Bertz CT molecular complexity index is 1080. The number of ether oxygens (including phenoxy) is 1. The third-order valence-electron chi connectivity index (χ3n) is 3.99. The molecule has 0 fully saturated rings. The summed E-state index contributed by atoms with van der Waals surface area (Å²) < 4.78 is 85.5. The molecule has 3 rings (SSSR count). The lowest BCUT2D eigenvalue weighted by Gasteiger charge is -2.11. The van der Waals surface area contributed by atoms with E-state index in [1.165, 1.54) is 20.4 Å². The molecular weight excluding hydrogens is 396 g/mol.